The number of amides is 1. The van der Waals surface area contributed by atoms with Crippen LogP contribution in [-0.2, 0) is 4.79 Å². The summed E-state index contributed by atoms with van der Waals surface area (Å²) in [5.74, 6) is 0.448. The van der Waals surface area contributed by atoms with E-state index in [2.05, 4.69) is 5.32 Å². The minimum atomic E-state index is -0.0981. The predicted molar refractivity (Wildman–Crippen MR) is 74.4 cm³/mol. The zero-order chi connectivity index (χ0) is 13.8. The van der Waals surface area contributed by atoms with E-state index in [1.165, 1.54) is 14.0 Å². The number of nitrogens with one attached hydrogen (secondary N) is 1. The molecule has 1 amide bonds. The van der Waals surface area contributed by atoms with Crippen molar-refractivity contribution in [2.75, 3.05) is 12.4 Å². The molecule has 4 nitrogen and oxygen atoms in total. The molecule has 2 aromatic carbocycles. The Bertz CT molecular complexity index is 591. The third-order valence-electron chi connectivity index (χ3n) is 2.72. The number of aromatic hydroxyl groups is 1. The smallest absolute Gasteiger partial charge is 0.221 e. The third kappa shape index (κ3) is 3.04. The summed E-state index contributed by atoms with van der Waals surface area (Å²) in [6, 6.07) is 12.6. The maximum atomic E-state index is 10.9. The molecule has 0 saturated heterocycles. The molecule has 0 aliphatic rings. The first-order chi connectivity index (χ1) is 9.10. The van der Waals surface area contributed by atoms with E-state index in [4.69, 9.17) is 4.74 Å². The number of methoxy groups -OCH3 is 1. The first kappa shape index (κ1) is 13.0. The SMILES string of the molecule is COc1cc(-c2ccc(NC(C)=O)cc2)ccc1O. The molecule has 98 valence electrons. The molecule has 0 unspecified atom stereocenters. The van der Waals surface area contributed by atoms with Crippen LogP contribution in [0.2, 0.25) is 0 Å². The van der Waals surface area contributed by atoms with E-state index in [9.17, 15) is 9.90 Å². The Morgan fingerprint density at radius 1 is 1.11 bits per heavy atom. The Hall–Kier alpha value is -2.49. The van der Waals surface area contributed by atoms with E-state index in [1.54, 1.807) is 12.1 Å². The Balaban J connectivity index is 2.29. The quantitative estimate of drug-likeness (QED) is 0.888. The van der Waals surface area contributed by atoms with Crippen LogP contribution in [0, 0.1) is 0 Å². The second-order valence-electron chi connectivity index (χ2n) is 4.15. The second kappa shape index (κ2) is 5.44. The van der Waals surface area contributed by atoms with Crippen LogP contribution in [0.4, 0.5) is 5.69 Å². The summed E-state index contributed by atoms with van der Waals surface area (Å²) in [6.07, 6.45) is 0. The molecule has 0 spiro atoms. The Morgan fingerprint density at radius 2 is 1.74 bits per heavy atom. The summed E-state index contributed by atoms with van der Waals surface area (Å²) >= 11 is 0. The minimum Gasteiger partial charge on any atom is -0.504 e. The monoisotopic (exact) mass is 257 g/mol. The van der Waals surface area contributed by atoms with Gasteiger partial charge in [-0.2, -0.15) is 0 Å². The van der Waals surface area contributed by atoms with Crippen LogP contribution in [-0.4, -0.2) is 18.1 Å². The van der Waals surface area contributed by atoms with Crippen LogP contribution in [0.25, 0.3) is 11.1 Å². The molecular weight excluding hydrogens is 242 g/mol. The van der Waals surface area contributed by atoms with Gasteiger partial charge in [0.05, 0.1) is 7.11 Å². The van der Waals surface area contributed by atoms with Gasteiger partial charge in [-0.15, -0.1) is 0 Å². The maximum Gasteiger partial charge on any atom is 0.221 e. The van der Waals surface area contributed by atoms with Gasteiger partial charge < -0.3 is 15.2 Å². The highest BCUT2D eigenvalue weighted by Gasteiger charge is 2.05. The van der Waals surface area contributed by atoms with Gasteiger partial charge in [-0.3, -0.25) is 4.79 Å². The molecule has 0 fully saturated rings. The lowest BCUT2D eigenvalue weighted by Crippen LogP contribution is -2.05. The second-order valence-corrected chi connectivity index (χ2v) is 4.15. The number of carbonyl (C=O) groups is 1. The van der Waals surface area contributed by atoms with Gasteiger partial charge in [0, 0.05) is 12.6 Å². The predicted octanol–water partition coefficient (Wildman–Crippen LogP) is 3.03. The summed E-state index contributed by atoms with van der Waals surface area (Å²) in [6.45, 7) is 1.47. The largest absolute Gasteiger partial charge is 0.504 e. The molecule has 0 aliphatic carbocycles. The number of hydrogen-bond donors (Lipinski definition) is 2. The molecule has 0 aromatic heterocycles. The number of carbonyl (C=O) groups excluding carboxylic acids is 1. The van der Waals surface area contributed by atoms with E-state index in [0.29, 0.717) is 5.75 Å². The van der Waals surface area contributed by atoms with Gasteiger partial charge in [-0.1, -0.05) is 18.2 Å². The standard InChI is InChI=1S/C15H15NO3/c1-10(17)16-13-6-3-11(4-7-13)12-5-8-14(18)15(9-12)19-2/h3-9,18H,1-2H3,(H,16,17). The van der Waals surface area contributed by atoms with Gasteiger partial charge in [0.15, 0.2) is 11.5 Å². The Labute approximate surface area is 111 Å². The number of hydrogen-bond acceptors (Lipinski definition) is 3. The molecule has 0 atom stereocenters. The number of benzene rings is 2. The molecular formula is C15H15NO3. The normalized spacial score (nSPS) is 10.0. The van der Waals surface area contributed by atoms with Gasteiger partial charge in [-0.05, 0) is 35.4 Å². The zero-order valence-corrected chi connectivity index (χ0v) is 10.8. The molecule has 4 heteroatoms. The highest BCUT2D eigenvalue weighted by Crippen LogP contribution is 2.31. The molecule has 2 rings (SSSR count). The summed E-state index contributed by atoms with van der Waals surface area (Å²) in [4.78, 5) is 10.9. The van der Waals surface area contributed by atoms with E-state index in [0.717, 1.165) is 16.8 Å². The lowest BCUT2D eigenvalue weighted by molar-refractivity contribution is -0.114. The fraction of sp³-hybridized carbons (Fsp3) is 0.133. The van der Waals surface area contributed by atoms with E-state index in [1.807, 2.05) is 30.3 Å². The summed E-state index contributed by atoms with van der Waals surface area (Å²) < 4.78 is 5.08. The van der Waals surface area contributed by atoms with Crippen LogP contribution < -0.4 is 10.1 Å². The average Bonchev–Trinajstić information content (AvgIpc) is 2.40. The van der Waals surface area contributed by atoms with Crippen molar-refractivity contribution in [2.45, 2.75) is 6.92 Å². The van der Waals surface area contributed by atoms with Gasteiger partial charge in [0.1, 0.15) is 0 Å². The minimum absolute atomic E-state index is 0.0981. The van der Waals surface area contributed by atoms with Crippen molar-refractivity contribution < 1.29 is 14.6 Å². The molecule has 2 N–H and O–H groups in total. The summed E-state index contributed by atoms with van der Waals surface area (Å²) in [5.41, 5.74) is 2.67. The van der Waals surface area contributed by atoms with Crippen molar-refractivity contribution in [1.29, 1.82) is 0 Å². The molecule has 0 aliphatic heterocycles. The van der Waals surface area contributed by atoms with Gasteiger partial charge in [0.2, 0.25) is 5.91 Å². The molecule has 0 heterocycles. The van der Waals surface area contributed by atoms with Crippen molar-refractivity contribution in [3.05, 3.63) is 42.5 Å². The van der Waals surface area contributed by atoms with Crippen molar-refractivity contribution in [2.24, 2.45) is 0 Å². The van der Waals surface area contributed by atoms with E-state index >= 15 is 0 Å². The van der Waals surface area contributed by atoms with Crippen LogP contribution in [0.5, 0.6) is 11.5 Å². The lowest BCUT2D eigenvalue weighted by atomic mass is 10.0. The first-order valence-electron chi connectivity index (χ1n) is 5.85. The molecule has 19 heavy (non-hydrogen) atoms. The van der Waals surface area contributed by atoms with Gasteiger partial charge in [-0.25, -0.2) is 0 Å². The Morgan fingerprint density at radius 3 is 2.32 bits per heavy atom. The van der Waals surface area contributed by atoms with E-state index in [-0.39, 0.29) is 11.7 Å². The summed E-state index contributed by atoms with van der Waals surface area (Å²) in [7, 11) is 1.51. The maximum absolute atomic E-state index is 10.9. The molecule has 0 radical (unpaired) electrons. The molecule has 0 saturated carbocycles. The van der Waals surface area contributed by atoms with Crippen LogP contribution in [0.3, 0.4) is 0 Å². The van der Waals surface area contributed by atoms with Crippen molar-refractivity contribution in [3.8, 4) is 22.6 Å². The lowest BCUT2D eigenvalue weighted by Gasteiger charge is -2.08. The first-order valence-corrected chi connectivity index (χ1v) is 5.85. The fourth-order valence-electron chi connectivity index (χ4n) is 1.81. The van der Waals surface area contributed by atoms with Crippen LogP contribution in [0.15, 0.2) is 42.5 Å². The van der Waals surface area contributed by atoms with Gasteiger partial charge in [0.25, 0.3) is 0 Å². The van der Waals surface area contributed by atoms with Crippen molar-refractivity contribution >= 4 is 11.6 Å². The summed E-state index contributed by atoms with van der Waals surface area (Å²) in [5, 5.41) is 12.3. The highest BCUT2D eigenvalue weighted by molar-refractivity contribution is 5.89. The number of phenolic OH excluding ortho intramolecular Hbond substituents is 1. The average molecular weight is 257 g/mol. The van der Waals surface area contributed by atoms with Crippen LogP contribution in [0.1, 0.15) is 6.92 Å². The topological polar surface area (TPSA) is 58.6 Å². The third-order valence-corrected chi connectivity index (χ3v) is 2.72. The zero-order valence-electron chi connectivity index (χ0n) is 10.8. The number of anilines is 1. The van der Waals surface area contributed by atoms with Crippen molar-refractivity contribution in [3.63, 3.8) is 0 Å². The fourth-order valence-corrected chi connectivity index (χ4v) is 1.81. The van der Waals surface area contributed by atoms with Gasteiger partial charge >= 0.3 is 0 Å². The van der Waals surface area contributed by atoms with Crippen molar-refractivity contribution in [1.82, 2.24) is 0 Å². The number of rotatable bonds is 3. The van der Waals surface area contributed by atoms with E-state index < -0.39 is 0 Å². The highest BCUT2D eigenvalue weighted by atomic mass is 16.5. The molecule has 0 bridgehead atoms. The van der Waals surface area contributed by atoms with Crippen LogP contribution >= 0.6 is 0 Å². The Kier molecular flexibility index (Phi) is 3.71. The number of phenols is 1. The molecule has 2 aromatic rings. The number of ether oxygens (including phenoxy) is 1.